The summed E-state index contributed by atoms with van der Waals surface area (Å²) >= 11 is 0. The SMILES string of the molecule is CC(=O)c1ccc(OCC2CN(C(=O)/C=C/c3ccc(F)cc3C(F)(F)F)CCO2)cc1C. The molecule has 0 N–H and O–H groups in total. The maximum absolute atomic E-state index is 13.2. The number of hydrogen-bond acceptors (Lipinski definition) is 4. The van der Waals surface area contributed by atoms with Crippen molar-refractivity contribution in [1.29, 1.82) is 0 Å². The second-order valence-corrected chi connectivity index (χ2v) is 7.68. The molecule has 0 aromatic heterocycles. The Bertz CT molecular complexity index is 1060. The van der Waals surface area contributed by atoms with E-state index in [9.17, 15) is 27.2 Å². The fourth-order valence-electron chi connectivity index (χ4n) is 3.52. The summed E-state index contributed by atoms with van der Waals surface area (Å²) in [5.74, 6) is -0.976. The van der Waals surface area contributed by atoms with Gasteiger partial charge < -0.3 is 14.4 Å². The highest BCUT2D eigenvalue weighted by Crippen LogP contribution is 2.33. The minimum absolute atomic E-state index is 0.0418. The van der Waals surface area contributed by atoms with E-state index in [1.54, 1.807) is 25.1 Å². The van der Waals surface area contributed by atoms with Crippen LogP contribution in [0, 0.1) is 12.7 Å². The molecule has 176 valence electrons. The van der Waals surface area contributed by atoms with Crippen LogP contribution in [0.2, 0.25) is 0 Å². The number of carbonyl (C=O) groups excluding carboxylic acids is 2. The lowest BCUT2D eigenvalue weighted by Gasteiger charge is -2.32. The van der Waals surface area contributed by atoms with Crippen LogP contribution in [0.25, 0.3) is 6.08 Å². The van der Waals surface area contributed by atoms with Crippen LogP contribution in [0.1, 0.15) is 34.0 Å². The number of Topliss-reactive ketones (excluding diaryl/α,β-unsaturated/α-hetero) is 1. The predicted octanol–water partition coefficient (Wildman–Crippen LogP) is 4.68. The summed E-state index contributed by atoms with van der Waals surface area (Å²) < 4.78 is 64.0. The molecule has 2 aromatic carbocycles. The van der Waals surface area contributed by atoms with Crippen molar-refractivity contribution in [2.45, 2.75) is 26.1 Å². The number of aryl methyl sites for hydroxylation is 1. The van der Waals surface area contributed by atoms with E-state index in [1.165, 1.54) is 11.8 Å². The van der Waals surface area contributed by atoms with Gasteiger partial charge in [0.15, 0.2) is 5.78 Å². The Hall–Kier alpha value is -3.20. The minimum Gasteiger partial charge on any atom is -0.491 e. The number of carbonyl (C=O) groups is 2. The van der Waals surface area contributed by atoms with Crippen LogP contribution < -0.4 is 4.74 Å². The quantitative estimate of drug-likeness (QED) is 0.353. The minimum atomic E-state index is -4.74. The summed E-state index contributed by atoms with van der Waals surface area (Å²) in [4.78, 5) is 25.5. The van der Waals surface area contributed by atoms with E-state index in [0.717, 1.165) is 29.8 Å². The van der Waals surface area contributed by atoms with Gasteiger partial charge in [0.1, 0.15) is 24.3 Å². The lowest BCUT2D eigenvalue weighted by atomic mass is 10.1. The zero-order valence-corrected chi connectivity index (χ0v) is 18.1. The summed E-state index contributed by atoms with van der Waals surface area (Å²) in [7, 11) is 0. The van der Waals surface area contributed by atoms with Crippen LogP contribution in [-0.2, 0) is 15.7 Å². The molecular weight excluding hydrogens is 442 g/mol. The van der Waals surface area contributed by atoms with E-state index in [4.69, 9.17) is 9.47 Å². The number of nitrogens with zero attached hydrogens (tertiary/aromatic N) is 1. The van der Waals surface area contributed by atoms with Crippen molar-refractivity contribution in [2.24, 2.45) is 0 Å². The molecule has 1 heterocycles. The Morgan fingerprint density at radius 1 is 1.21 bits per heavy atom. The zero-order valence-electron chi connectivity index (χ0n) is 18.1. The van der Waals surface area contributed by atoms with Crippen molar-refractivity contribution in [3.05, 3.63) is 70.5 Å². The van der Waals surface area contributed by atoms with Gasteiger partial charge in [0.25, 0.3) is 0 Å². The Balaban J connectivity index is 1.61. The lowest BCUT2D eigenvalue weighted by molar-refractivity contribution is -0.138. The lowest BCUT2D eigenvalue weighted by Crippen LogP contribution is -2.47. The number of alkyl halides is 3. The molecule has 3 rings (SSSR count). The van der Waals surface area contributed by atoms with Crippen LogP contribution >= 0.6 is 0 Å². The highest BCUT2D eigenvalue weighted by atomic mass is 19.4. The molecule has 33 heavy (non-hydrogen) atoms. The first-order chi connectivity index (χ1) is 15.5. The summed E-state index contributed by atoms with van der Waals surface area (Å²) in [6.07, 6.45) is -3.10. The second-order valence-electron chi connectivity index (χ2n) is 7.68. The summed E-state index contributed by atoms with van der Waals surface area (Å²) in [6.45, 7) is 4.17. The van der Waals surface area contributed by atoms with Gasteiger partial charge in [-0.25, -0.2) is 4.39 Å². The van der Waals surface area contributed by atoms with Crippen molar-refractivity contribution >= 4 is 17.8 Å². The third-order valence-corrected chi connectivity index (χ3v) is 5.19. The Labute approximate surface area is 188 Å². The fraction of sp³-hybridized carbons (Fsp3) is 0.333. The normalized spacial score (nSPS) is 16.8. The maximum atomic E-state index is 13.2. The predicted molar refractivity (Wildman–Crippen MR) is 113 cm³/mol. The fourth-order valence-corrected chi connectivity index (χ4v) is 3.52. The molecule has 0 spiro atoms. The molecule has 1 fully saturated rings. The van der Waals surface area contributed by atoms with E-state index in [1.807, 2.05) is 0 Å². The van der Waals surface area contributed by atoms with Crippen molar-refractivity contribution in [2.75, 3.05) is 26.3 Å². The van der Waals surface area contributed by atoms with E-state index in [0.29, 0.717) is 17.4 Å². The molecule has 1 aliphatic heterocycles. The number of benzene rings is 2. The Morgan fingerprint density at radius 3 is 2.64 bits per heavy atom. The van der Waals surface area contributed by atoms with Gasteiger partial charge in [-0.15, -0.1) is 0 Å². The molecule has 1 aliphatic rings. The van der Waals surface area contributed by atoms with Crippen LogP contribution in [0.15, 0.2) is 42.5 Å². The average Bonchev–Trinajstić information content (AvgIpc) is 2.76. The second kappa shape index (κ2) is 10.2. The number of rotatable bonds is 6. The Kier molecular flexibility index (Phi) is 7.53. The molecule has 5 nitrogen and oxygen atoms in total. The van der Waals surface area contributed by atoms with Crippen LogP contribution in [0.4, 0.5) is 17.6 Å². The Morgan fingerprint density at radius 2 is 1.97 bits per heavy atom. The van der Waals surface area contributed by atoms with Gasteiger partial charge in [-0.05, 0) is 61.4 Å². The molecule has 2 aromatic rings. The van der Waals surface area contributed by atoms with Gasteiger partial charge in [-0.1, -0.05) is 6.07 Å². The van der Waals surface area contributed by atoms with E-state index in [2.05, 4.69) is 0 Å². The third-order valence-electron chi connectivity index (χ3n) is 5.19. The molecule has 1 atom stereocenters. The molecule has 0 saturated carbocycles. The van der Waals surface area contributed by atoms with Gasteiger partial charge in [0.2, 0.25) is 5.91 Å². The number of ether oxygens (including phenoxy) is 2. The molecule has 0 aliphatic carbocycles. The van der Waals surface area contributed by atoms with Crippen molar-refractivity contribution in [3.8, 4) is 5.75 Å². The first-order valence-corrected chi connectivity index (χ1v) is 10.2. The molecular formula is C24H23F4NO4. The molecule has 1 amide bonds. The molecule has 1 unspecified atom stereocenters. The molecule has 9 heteroatoms. The van der Waals surface area contributed by atoms with E-state index in [-0.39, 0.29) is 37.6 Å². The van der Waals surface area contributed by atoms with Gasteiger partial charge in [0.05, 0.1) is 18.7 Å². The first kappa shape index (κ1) is 24.4. The first-order valence-electron chi connectivity index (χ1n) is 10.2. The van der Waals surface area contributed by atoms with E-state index >= 15 is 0 Å². The number of amides is 1. The van der Waals surface area contributed by atoms with Gasteiger partial charge in [-0.3, -0.25) is 9.59 Å². The highest BCUT2D eigenvalue weighted by molar-refractivity contribution is 5.95. The van der Waals surface area contributed by atoms with Crippen LogP contribution in [0.5, 0.6) is 5.75 Å². The summed E-state index contributed by atoms with van der Waals surface area (Å²) in [5.41, 5.74) is -0.0548. The van der Waals surface area contributed by atoms with Crippen LogP contribution in [-0.4, -0.2) is 49.0 Å². The van der Waals surface area contributed by atoms with Gasteiger partial charge in [-0.2, -0.15) is 13.2 Å². The smallest absolute Gasteiger partial charge is 0.417 e. The third kappa shape index (κ3) is 6.41. The zero-order chi connectivity index (χ0) is 24.2. The molecule has 1 saturated heterocycles. The van der Waals surface area contributed by atoms with Gasteiger partial charge >= 0.3 is 6.18 Å². The standard InChI is InChI=1S/C24H23F4NO4/c1-15-11-19(6-7-21(15)16(2)30)33-14-20-13-29(9-10-32-20)23(31)8-4-17-3-5-18(25)12-22(17)24(26,27)28/h3-8,11-12,20H,9-10,13-14H2,1-2H3/b8-4+. The number of halogens is 4. The van der Waals surface area contributed by atoms with E-state index < -0.39 is 29.6 Å². The number of morpholine rings is 1. The topological polar surface area (TPSA) is 55.8 Å². The van der Waals surface area contributed by atoms with Crippen molar-refractivity contribution < 1.29 is 36.6 Å². The van der Waals surface area contributed by atoms with Gasteiger partial charge in [0, 0.05) is 18.2 Å². The number of ketones is 1. The molecule has 0 radical (unpaired) electrons. The number of hydrogen-bond donors (Lipinski definition) is 0. The largest absolute Gasteiger partial charge is 0.491 e. The maximum Gasteiger partial charge on any atom is 0.417 e. The summed E-state index contributed by atoms with van der Waals surface area (Å²) in [5, 5.41) is 0. The van der Waals surface area contributed by atoms with Crippen molar-refractivity contribution in [3.63, 3.8) is 0 Å². The summed E-state index contributed by atoms with van der Waals surface area (Å²) in [6, 6.07) is 7.39. The van der Waals surface area contributed by atoms with Crippen molar-refractivity contribution in [1.82, 2.24) is 4.90 Å². The average molecular weight is 465 g/mol. The monoisotopic (exact) mass is 465 g/mol. The van der Waals surface area contributed by atoms with Crippen LogP contribution in [0.3, 0.4) is 0 Å². The highest BCUT2D eigenvalue weighted by Gasteiger charge is 2.33. The molecule has 0 bridgehead atoms.